The SMILES string of the molecule is CCCCCCCCNc1c(OC)cc(OC)cc1OC. The Hall–Kier alpha value is -1.58. The molecule has 4 nitrogen and oxygen atoms in total. The van der Waals surface area contributed by atoms with Crippen LogP contribution in [0.4, 0.5) is 5.69 Å². The summed E-state index contributed by atoms with van der Waals surface area (Å²) in [6.07, 6.45) is 7.69. The number of unbranched alkanes of at least 4 members (excludes halogenated alkanes) is 5. The van der Waals surface area contributed by atoms with Crippen LogP contribution >= 0.6 is 0 Å². The highest BCUT2D eigenvalue weighted by molar-refractivity contribution is 5.68. The first-order valence-electron chi connectivity index (χ1n) is 7.80. The summed E-state index contributed by atoms with van der Waals surface area (Å²) in [6, 6.07) is 3.73. The van der Waals surface area contributed by atoms with Gasteiger partial charge in [-0.25, -0.2) is 0 Å². The molecule has 0 amide bonds. The number of anilines is 1. The first-order valence-corrected chi connectivity index (χ1v) is 7.80. The van der Waals surface area contributed by atoms with Gasteiger partial charge in [0.1, 0.15) is 22.9 Å². The van der Waals surface area contributed by atoms with Crippen LogP contribution in [0.2, 0.25) is 0 Å². The predicted octanol–water partition coefficient (Wildman–Crippen LogP) is 4.48. The second-order valence-electron chi connectivity index (χ2n) is 5.10. The van der Waals surface area contributed by atoms with E-state index in [4.69, 9.17) is 14.2 Å². The van der Waals surface area contributed by atoms with Gasteiger partial charge in [0, 0.05) is 18.7 Å². The van der Waals surface area contributed by atoms with Gasteiger partial charge in [0.15, 0.2) is 0 Å². The maximum absolute atomic E-state index is 5.42. The van der Waals surface area contributed by atoms with Gasteiger partial charge in [-0.15, -0.1) is 0 Å². The Kier molecular flexibility index (Phi) is 8.48. The predicted molar refractivity (Wildman–Crippen MR) is 88.0 cm³/mol. The molecule has 0 aliphatic heterocycles. The summed E-state index contributed by atoms with van der Waals surface area (Å²) in [5, 5.41) is 3.42. The minimum atomic E-state index is 0.730. The molecule has 4 heteroatoms. The Morgan fingerprint density at radius 2 is 1.38 bits per heavy atom. The van der Waals surface area contributed by atoms with Crippen molar-refractivity contribution >= 4 is 5.69 Å². The normalized spacial score (nSPS) is 10.3. The second-order valence-corrected chi connectivity index (χ2v) is 5.10. The number of hydrogen-bond donors (Lipinski definition) is 1. The van der Waals surface area contributed by atoms with Crippen molar-refractivity contribution in [1.82, 2.24) is 0 Å². The number of hydrogen-bond acceptors (Lipinski definition) is 4. The molecule has 0 aliphatic carbocycles. The zero-order valence-electron chi connectivity index (χ0n) is 13.8. The lowest BCUT2D eigenvalue weighted by Crippen LogP contribution is -2.05. The van der Waals surface area contributed by atoms with Crippen LogP contribution in [0.25, 0.3) is 0 Å². The van der Waals surface area contributed by atoms with Crippen LogP contribution < -0.4 is 19.5 Å². The lowest BCUT2D eigenvalue weighted by Gasteiger charge is -2.16. The standard InChI is InChI=1S/C17H29NO3/c1-5-6-7-8-9-10-11-18-17-15(20-3)12-14(19-2)13-16(17)21-4/h12-13,18H,5-11H2,1-4H3. The van der Waals surface area contributed by atoms with Gasteiger partial charge in [-0.3, -0.25) is 0 Å². The third kappa shape index (κ3) is 5.74. The first-order chi connectivity index (χ1) is 10.3. The number of benzene rings is 1. The third-order valence-corrected chi connectivity index (χ3v) is 3.55. The van der Waals surface area contributed by atoms with Crippen molar-refractivity contribution in [2.45, 2.75) is 45.4 Å². The molecule has 0 aliphatic rings. The summed E-state index contributed by atoms with van der Waals surface area (Å²) in [5.74, 6) is 2.23. The van der Waals surface area contributed by atoms with E-state index in [0.29, 0.717) is 0 Å². The quantitative estimate of drug-likeness (QED) is 0.611. The lowest BCUT2D eigenvalue weighted by atomic mass is 10.1. The van der Waals surface area contributed by atoms with Gasteiger partial charge in [0.25, 0.3) is 0 Å². The zero-order valence-corrected chi connectivity index (χ0v) is 13.8. The lowest BCUT2D eigenvalue weighted by molar-refractivity contribution is 0.377. The van der Waals surface area contributed by atoms with E-state index >= 15 is 0 Å². The van der Waals surface area contributed by atoms with Gasteiger partial charge >= 0.3 is 0 Å². The van der Waals surface area contributed by atoms with Crippen LogP contribution in [-0.2, 0) is 0 Å². The molecule has 1 aromatic carbocycles. The van der Waals surface area contributed by atoms with Crippen molar-refractivity contribution in [3.05, 3.63) is 12.1 Å². The Bertz CT molecular complexity index is 382. The van der Waals surface area contributed by atoms with Gasteiger partial charge in [-0.1, -0.05) is 39.0 Å². The molecule has 0 saturated heterocycles. The molecule has 21 heavy (non-hydrogen) atoms. The molecule has 1 N–H and O–H groups in total. The molecule has 0 spiro atoms. The molecule has 0 bridgehead atoms. The van der Waals surface area contributed by atoms with E-state index in [-0.39, 0.29) is 0 Å². The molecule has 1 rings (SSSR count). The highest BCUT2D eigenvalue weighted by Gasteiger charge is 2.12. The Morgan fingerprint density at radius 3 is 1.90 bits per heavy atom. The summed E-state index contributed by atoms with van der Waals surface area (Å²) in [6.45, 7) is 3.16. The van der Waals surface area contributed by atoms with Crippen molar-refractivity contribution < 1.29 is 14.2 Å². The topological polar surface area (TPSA) is 39.7 Å². The molecule has 0 unspecified atom stereocenters. The summed E-state index contributed by atoms with van der Waals surface area (Å²) in [4.78, 5) is 0. The van der Waals surface area contributed by atoms with Crippen molar-refractivity contribution in [2.75, 3.05) is 33.2 Å². The molecule has 0 heterocycles. The van der Waals surface area contributed by atoms with E-state index in [1.807, 2.05) is 12.1 Å². The third-order valence-electron chi connectivity index (χ3n) is 3.55. The van der Waals surface area contributed by atoms with Gasteiger partial charge in [-0.05, 0) is 6.42 Å². The van der Waals surface area contributed by atoms with Gasteiger partial charge < -0.3 is 19.5 Å². The molecule has 120 valence electrons. The molecule has 0 saturated carbocycles. The molecule has 0 fully saturated rings. The van der Waals surface area contributed by atoms with E-state index in [1.165, 1.54) is 32.1 Å². The van der Waals surface area contributed by atoms with Crippen LogP contribution in [0.1, 0.15) is 45.4 Å². The first kappa shape index (κ1) is 17.5. The maximum Gasteiger partial charge on any atom is 0.149 e. The number of nitrogens with one attached hydrogen (secondary N) is 1. The van der Waals surface area contributed by atoms with Crippen LogP contribution in [0.5, 0.6) is 17.2 Å². The van der Waals surface area contributed by atoms with Crippen molar-refractivity contribution in [3.63, 3.8) is 0 Å². The van der Waals surface area contributed by atoms with E-state index in [9.17, 15) is 0 Å². The van der Waals surface area contributed by atoms with Gasteiger partial charge in [0.05, 0.1) is 21.3 Å². The average molecular weight is 295 g/mol. The second kappa shape index (κ2) is 10.2. The summed E-state index contributed by atoms with van der Waals surface area (Å²) >= 11 is 0. The van der Waals surface area contributed by atoms with Crippen molar-refractivity contribution in [3.8, 4) is 17.2 Å². The Labute approximate surface area is 128 Å². The van der Waals surface area contributed by atoms with Crippen LogP contribution in [-0.4, -0.2) is 27.9 Å². The molecular weight excluding hydrogens is 266 g/mol. The number of rotatable bonds is 11. The monoisotopic (exact) mass is 295 g/mol. The highest BCUT2D eigenvalue weighted by atomic mass is 16.5. The van der Waals surface area contributed by atoms with E-state index < -0.39 is 0 Å². The van der Waals surface area contributed by atoms with E-state index in [2.05, 4.69) is 12.2 Å². The fourth-order valence-electron chi connectivity index (χ4n) is 2.30. The Morgan fingerprint density at radius 1 is 0.810 bits per heavy atom. The van der Waals surface area contributed by atoms with Crippen LogP contribution in [0.15, 0.2) is 12.1 Å². The van der Waals surface area contributed by atoms with E-state index in [1.54, 1.807) is 21.3 Å². The largest absolute Gasteiger partial charge is 0.496 e. The molecule has 0 radical (unpaired) electrons. The molecule has 0 atom stereocenters. The fraction of sp³-hybridized carbons (Fsp3) is 0.647. The fourth-order valence-corrected chi connectivity index (χ4v) is 2.30. The maximum atomic E-state index is 5.42. The van der Waals surface area contributed by atoms with Crippen molar-refractivity contribution in [2.24, 2.45) is 0 Å². The number of methoxy groups -OCH3 is 3. The Balaban J connectivity index is 2.53. The summed E-state index contributed by atoms with van der Waals surface area (Å²) in [7, 11) is 4.95. The highest BCUT2D eigenvalue weighted by Crippen LogP contribution is 2.38. The zero-order chi connectivity index (χ0) is 15.5. The molecule has 1 aromatic rings. The summed E-state index contributed by atoms with van der Waals surface area (Å²) in [5.41, 5.74) is 0.898. The number of ether oxygens (including phenoxy) is 3. The van der Waals surface area contributed by atoms with Gasteiger partial charge in [0.2, 0.25) is 0 Å². The smallest absolute Gasteiger partial charge is 0.149 e. The van der Waals surface area contributed by atoms with Crippen molar-refractivity contribution in [1.29, 1.82) is 0 Å². The average Bonchev–Trinajstić information content (AvgIpc) is 2.53. The minimum Gasteiger partial charge on any atom is -0.496 e. The van der Waals surface area contributed by atoms with E-state index in [0.717, 1.165) is 35.9 Å². The summed E-state index contributed by atoms with van der Waals surface area (Å²) < 4.78 is 16.1. The molecular formula is C17H29NO3. The van der Waals surface area contributed by atoms with Crippen LogP contribution in [0.3, 0.4) is 0 Å². The van der Waals surface area contributed by atoms with Gasteiger partial charge in [-0.2, -0.15) is 0 Å². The minimum absolute atomic E-state index is 0.730. The van der Waals surface area contributed by atoms with Crippen LogP contribution in [0, 0.1) is 0 Å². The molecule has 0 aromatic heterocycles.